The fourth-order valence-corrected chi connectivity index (χ4v) is 3.31. The predicted molar refractivity (Wildman–Crippen MR) is 117 cm³/mol. The van der Waals surface area contributed by atoms with Crippen LogP contribution in [0.1, 0.15) is 35.2 Å². The smallest absolute Gasteiger partial charge is 0.251 e. The van der Waals surface area contributed by atoms with E-state index in [1.54, 1.807) is 30.3 Å². The van der Waals surface area contributed by atoms with Gasteiger partial charge in [0, 0.05) is 52.6 Å². The average molecular weight is 398 g/mol. The first-order valence-electron chi connectivity index (χ1n) is 9.99. The van der Waals surface area contributed by atoms with Crippen LogP contribution in [0.5, 0.6) is 0 Å². The average Bonchev–Trinajstić information content (AvgIpc) is 3.51. The van der Waals surface area contributed by atoms with Gasteiger partial charge in [0.2, 0.25) is 5.91 Å². The van der Waals surface area contributed by atoms with Crippen LogP contribution in [-0.4, -0.2) is 22.4 Å². The molecule has 0 saturated heterocycles. The highest BCUT2D eigenvalue weighted by atomic mass is 16.2. The summed E-state index contributed by atoms with van der Waals surface area (Å²) in [6, 6.07) is 17.3. The van der Waals surface area contributed by atoms with Gasteiger partial charge in [0.15, 0.2) is 0 Å². The molecule has 2 amide bonds. The van der Waals surface area contributed by atoms with Crippen LogP contribution in [0.3, 0.4) is 0 Å². The van der Waals surface area contributed by atoms with E-state index in [1.165, 1.54) is 6.08 Å². The van der Waals surface area contributed by atoms with Crippen LogP contribution >= 0.6 is 0 Å². The lowest BCUT2D eigenvalue weighted by Gasteiger charge is -2.05. The number of anilines is 1. The molecule has 0 unspecified atom stereocenters. The van der Waals surface area contributed by atoms with Gasteiger partial charge < -0.3 is 15.2 Å². The SMILES string of the molecule is N#CCCn1cc(/C=C/C(=O)Nc2ccc(C(=O)NC3CC3)cc2)c2ccccc21. The summed E-state index contributed by atoms with van der Waals surface area (Å²) in [5, 5.41) is 15.6. The van der Waals surface area contributed by atoms with Gasteiger partial charge in [-0.25, -0.2) is 0 Å². The number of carbonyl (C=O) groups is 2. The zero-order valence-electron chi connectivity index (χ0n) is 16.5. The lowest BCUT2D eigenvalue weighted by atomic mass is 10.1. The number of rotatable bonds is 7. The molecule has 0 aliphatic heterocycles. The maximum Gasteiger partial charge on any atom is 0.251 e. The monoisotopic (exact) mass is 398 g/mol. The summed E-state index contributed by atoms with van der Waals surface area (Å²) in [7, 11) is 0. The van der Waals surface area contributed by atoms with Gasteiger partial charge in [0.25, 0.3) is 5.91 Å². The van der Waals surface area contributed by atoms with Crippen molar-refractivity contribution in [3.63, 3.8) is 0 Å². The predicted octanol–water partition coefficient (Wildman–Crippen LogP) is 4.10. The number of carbonyl (C=O) groups excluding carboxylic acids is 2. The van der Waals surface area contributed by atoms with Crippen molar-refractivity contribution in [3.05, 3.63) is 71.9 Å². The molecule has 4 rings (SSSR count). The first kappa shape index (κ1) is 19.5. The van der Waals surface area contributed by atoms with Crippen molar-refractivity contribution in [2.45, 2.75) is 31.8 Å². The molecule has 0 bridgehead atoms. The van der Waals surface area contributed by atoms with Crippen molar-refractivity contribution in [2.24, 2.45) is 0 Å². The summed E-state index contributed by atoms with van der Waals surface area (Å²) < 4.78 is 2.03. The van der Waals surface area contributed by atoms with E-state index in [2.05, 4.69) is 16.7 Å². The molecule has 0 radical (unpaired) electrons. The Labute approximate surface area is 174 Å². The third kappa shape index (κ3) is 4.58. The summed E-state index contributed by atoms with van der Waals surface area (Å²) >= 11 is 0. The molecular weight excluding hydrogens is 376 g/mol. The molecule has 3 aromatic rings. The van der Waals surface area contributed by atoms with Crippen molar-refractivity contribution in [1.82, 2.24) is 9.88 Å². The summed E-state index contributed by atoms with van der Waals surface area (Å²) in [6.07, 6.45) is 7.74. The number of nitrogens with zero attached hydrogens (tertiary/aromatic N) is 2. The van der Waals surface area contributed by atoms with E-state index in [9.17, 15) is 9.59 Å². The van der Waals surface area contributed by atoms with E-state index in [0.717, 1.165) is 29.3 Å². The van der Waals surface area contributed by atoms with E-state index < -0.39 is 0 Å². The van der Waals surface area contributed by atoms with Crippen molar-refractivity contribution in [2.75, 3.05) is 5.32 Å². The second kappa shape index (κ2) is 8.66. The Morgan fingerprint density at radius 2 is 1.90 bits per heavy atom. The molecule has 0 atom stereocenters. The van der Waals surface area contributed by atoms with Gasteiger partial charge in [-0.15, -0.1) is 0 Å². The number of nitrogens with one attached hydrogen (secondary N) is 2. The van der Waals surface area contributed by atoms with E-state index in [-0.39, 0.29) is 11.8 Å². The number of amides is 2. The Bertz CT molecular complexity index is 1150. The standard InChI is InChI=1S/C24H22N4O2/c25-14-3-15-28-16-18(21-4-1-2-5-22(21)28)8-13-23(29)26-19-9-6-17(7-10-19)24(30)27-20-11-12-20/h1-2,4-10,13,16,20H,3,11-12,15H2,(H,26,29)(H,27,30)/b13-8+. The van der Waals surface area contributed by atoms with Crippen LogP contribution in [0.25, 0.3) is 17.0 Å². The lowest BCUT2D eigenvalue weighted by Crippen LogP contribution is -2.25. The number of hydrogen-bond donors (Lipinski definition) is 2. The number of nitriles is 1. The largest absolute Gasteiger partial charge is 0.349 e. The van der Waals surface area contributed by atoms with Gasteiger partial charge in [-0.05, 0) is 49.2 Å². The lowest BCUT2D eigenvalue weighted by molar-refractivity contribution is -0.111. The van der Waals surface area contributed by atoms with Gasteiger partial charge in [-0.3, -0.25) is 9.59 Å². The molecule has 30 heavy (non-hydrogen) atoms. The minimum atomic E-state index is -0.251. The van der Waals surface area contributed by atoms with Gasteiger partial charge >= 0.3 is 0 Å². The molecule has 1 fully saturated rings. The molecular formula is C24H22N4O2. The Balaban J connectivity index is 1.42. The number of benzene rings is 2. The first-order valence-corrected chi connectivity index (χ1v) is 9.99. The van der Waals surface area contributed by atoms with E-state index in [4.69, 9.17) is 5.26 Å². The van der Waals surface area contributed by atoms with Crippen molar-refractivity contribution >= 4 is 34.5 Å². The molecule has 150 valence electrons. The summed E-state index contributed by atoms with van der Waals surface area (Å²) in [5.74, 6) is -0.331. The molecule has 2 aromatic carbocycles. The molecule has 1 heterocycles. The zero-order valence-corrected chi connectivity index (χ0v) is 16.5. The van der Waals surface area contributed by atoms with Crippen LogP contribution in [0.4, 0.5) is 5.69 Å². The molecule has 1 aliphatic carbocycles. The fourth-order valence-electron chi connectivity index (χ4n) is 3.31. The Hall–Kier alpha value is -3.85. The van der Waals surface area contributed by atoms with Crippen LogP contribution in [0, 0.1) is 11.3 Å². The number of hydrogen-bond acceptors (Lipinski definition) is 3. The van der Waals surface area contributed by atoms with Gasteiger partial charge in [-0.2, -0.15) is 5.26 Å². The number of aryl methyl sites for hydroxylation is 1. The normalized spacial score (nSPS) is 13.3. The van der Waals surface area contributed by atoms with Crippen LogP contribution in [-0.2, 0) is 11.3 Å². The zero-order chi connectivity index (χ0) is 20.9. The molecule has 6 heteroatoms. The topological polar surface area (TPSA) is 86.9 Å². The van der Waals surface area contributed by atoms with E-state index in [0.29, 0.717) is 30.3 Å². The fraction of sp³-hybridized carbons (Fsp3) is 0.208. The van der Waals surface area contributed by atoms with Gasteiger partial charge in [-0.1, -0.05) is 18.2 Å². The Morgan fingerprint density at radius 1 is 1.13 bits per heavy atom. The van der Waals surface area contributed by atoms with Crippen LogP contribution in [0.15, 0.2) is 60.8 Å². The number of aromatic nitrogens is 1. The quantitative estimate of drug-likeness (QED) is 0.588. The van der Waals surface area contributed by atoms with Crippen LogP contribution in [0.2, 0.25) is 0 Å². The summed E-state index contributed by atoms with van der Waals surface area (Å²) in [6.45, 7) is 0.609. The number of para-hydroxylation sites is 1. The van der Waals surface area contributed by atoms with Crippen LogP contribution < -0.4 is 10.6 Å². The molecule has 2 N–H and O–H groups in total. The van der Waals surface area contributed by atoms with E-state index in [1.807, 2.05) is 35.0 Å². The number of fused-ring (bicyclic) bond motifs is 1. The summed E-state index contributed by atoms with van der Waals surface area (Å²) in [4.78, 5) is 24.4. The van der Waals surface area contributed by atoms with Gasteiger partial charge in [0.1, 0.15) is 0 Å². The molecule has 6 nitrogen and oxygen atoms in total. The molecule has 0 spiro atoms. The maximum absolute atomic E-state index is 12.3. The first-order chi connectivity index (χ1) is 14.6. The molecule has 1 aliphatic rings. The highest BCUT2D eigenvalue weighted by Crippen LogP contribution is 2.23. The van der Waals surface area contributed by atoms with Crippen molar-refractivity contribution in [3.8, 4) is 6.07 Å². The minimum Gasteiger partial charge on any atom is -0.349 e. The van der Waals surface area contributed by atoms with Gasteiger partial charge in [0.05, 0.1) is 12.5 Å². The molecule has 1 saturated carbocycles. The maximum atomic E-state index is 12.3. The minimum absolute atomic E-state index is 0.0805. The highest BCUT2D eigenvalue weighted by molar-refractivity contribution is 6.04. The summed E-state index contributed by atoms with van der Waals surface area (Å²) in [5.41, 5.74) is 3.17. The highest BCUT2D eigenvalue weighted by Gasteiger charge is 2.23. The Morgan fingerprint density at radius 3 is 2.63 bits per heavy atom. The van der Waals surface area contributed by atoms with Crippen molar-refractivity contribution < 1.29 is 9.59 Å². The second-order valence-electron chi connectivity index (χ2n) is 7.35. The third-order valence-electron chi connectivity index (χ3n) is 5.03. The van der Waals surface area contributed by atoms with E-state index >= 15 is 0 Å². The third-order valence-corrected chi connectivity index (χ3v) is 5.03. The molecule has 1 aromatic heterocycles. The second-order valence-corrected chi connectivity index (χ2v) is 7.35. The van der Waals surface area contributed by atoms with Crippen molar-refractivity contribution in [1.29, 1.82) is 5.26 Å². The Kier molecular flexibility index (Phi) is 5.62.